The molecule has 0 aliphatic heterocycles. The van der Waals surface area contributed by atoms with E-state index in [0.29, 0.717) is 16.3 Å². The molecular weight excluding hydrogens is 274 g/mol. The average molecular weight is 289 g/mol. The maximum atomic E-state index is 12.0. The average Bonchev–Trinajstić information content (AvgIpc) is 2.86. The fourth-order valence-electron chi connectivity index (χ4n) is 1.62. The lowest BCUT2D eigenvalue weighted by molar-refractivity contribution is 0.103. The van der Waals surface area contributed by atoms with Crippen molar-refractivity contribution in [1.29, 1.82) is 0 Å². The van der Waals surface area contributed by atoms with Crippen molar-refractivity contribution in [2.75, 3.05) is 17.7 Å². The fourth-order valence-corrected chi connectivity index (χ4v) is 2.38. The van der Waals surface area contributed by atoms with Crippen molar-refractivity contribution >= 4 is 34.6 Å². The van der Waals surface area contributed by atoms with Crippen LogP contribution in [0.4, 0.5) is 16.2 Å². The van der Waals surface area contributed by atoms with Gasteiger partial charge in [0, 0.05) is 23.3 Å². The number of thiophene rings is 1. The Morgan fingerprint density at radius 1 is 1.05 bits per heavy atom. The van der Waals surface area contributed by atoms with Gasteiger partial charge in [-0.2, -0.15) is 0 Å². The first-order chi connectivity index (χ1) is 9.58. The van der Waals surface area contributed by atoms with Crippen molar-refractivity contribution in [3.63, 3.8) is 0 Å². The number of amides is 3. The SMILES string of the molecule is CNC(=O)Nc1cccc(NC(=O)c2ccc(C)s2)c1. The Morgan fingerprint density at radius 3 is 2.35 bits per heavy atom. The van der Waals surface area contributed by atoms with Crippen LogP contribution < -0.4 is 16.0 Å². The van der Waals surface area contributed by atoms with Gasteiger partial charge < -0.3 is 16.0 Å². The standard InChI is InChI=1S/C14H15N3O2S/c1-9-6-7-12(20-9)13(18)16-10-4-3-5-11(8-10)17-14(19)15-2/h3-8H,1-2H3,(H,16,18)(H2,15,17,19). The summed E-state index contributed by atoms with van der Waals surface area (Å²) < 4.78 is 0. The monoisotopic (exact) mass is 289 g/mol. The predicted molar refractivity (Wildman–Crippen MR) is 81.5 cm³/mol. The van der Waals surface area contributed by atoms with Crippen LogP contribution in [0.2, 0.25) is 0 Å². The Balaban J connectivity index is 2.08. The van der Waals surface area contributed by atoms with Gasteiger partial charge in [-0.25, -0.2) is 4.79 Å². The number of carbonyl (C=O) groups excluding carboxylic acids is 2. The van der Waals surface area contributed by atoms with Gasteiger partial charge in [-0.1, -0.05) is 6.07 Å². The molecule has 1 aromatic heterocycles. The molecule has 2 rings (SSSR count). The lowest BCUT2D eigenvalue weighted by Crippen LogP contribution is -2.24. The highest BCUT2D eigenvalue weighted by atomic mass is 32.1. The first kappa shape index (κ1) is 14.1. The maximum absolute atomic E-state index is 12.0. The molecule has 0 aliphatic rings. The Morgan fingerprint density at radius 2 is 1.75 bits per heavy atom. The number of anilines is 2. The molecule has 0 bridgehead atoms. The summed E-state index contributed by atoms with van der Waals surface area (Å²) in [7, 11) is 1.54. The van der Waals surface area contributed by atoms with E-state index in [1.807, 2.05) is 13.0 Å². The van der Waals surface area contributed by atoms with E-state index in [0.717, 1.165) is 4.88 Å². The first-order valence-corrected chi connectivity index (χ1v) is 6.87. The third-order valence-corrected chi connectivity index (χ3v) is 3.57. The normalized spacial score (nSPS) is 9.90. The second-order valence-electron chi connectivity index (χ2n) is 4.15. The van der Waals surface area contributed by atoms with E-state index >= 15 is 0 Å². The van der Waals surface area contributed by atoms with Crippen LogP contribution in [0.25, 0.3) is 0 Å². The van der Waals surface area contributed by atoms with Crippen molar-refractivity contribution in [1.82, 2.24) is 5.32 Å². The summed E-state index contributed by atoms with van der Waals surface area (Å²) in [6.07, 6.45) is 0. The summed E-state index contributed by atoms with van der Waals surface area (Å²) in [5.74, 6) is -0.153. The number of hydrogen-bond donors (Lipinski definition) is 3. The van der Waals surface area contributed by atoms with Crippen molar-refractivity contribution in [3.8, 4) is 0 Å². The minimum atomic E-state index is -0.303. The lowest BCUT2D eigenvalue weighted by Gasteiger charge is -2.07. The van der Waals surface area contributed by atoms with Crippen molar-refractivity contribution in [2.45, 2.75) is 6.92 Å². The molecule has 1 heterocycles. The molecule has 3 amide bonds. The van der Waals surface area contributed by atoms with Gasteiger partial charge in [0.2, 0.25) is 0 Å². The highest BCUT2D eigenvalue weighted by Gasteiger charge is 2.08. The number of benzene rings is 1. The van der Waals surface area contributed by atoms with Crippen LogP contribution in [0.15, 0.2) is 36.4 Å². The van der Waals surface area contributed by atoms with Gasteiger partial charge in [-0.05, 0) is 37.3 Å². The molecule has 0 saturated carbocycles. The lowest BCUT2D eigenvalue weighted by atomic mass is 10.2. The molecule has 0 aliphatic carbocycles. The Hall–Kier alpha value is -2.34. The Bertz CT molecular complexity index is 637. The van der Waals surface area contributed by atoms with E-state index < -0.39 is 0 Å². The number of rotatable bonds is 3. The maximum Gasteiger partial charge on any atom is 0.318 e. The topological polar surface area (TPSA) is 70.2 Å². The van der Waals surface area contributed by atoms with Gasteiger partial charge in [-0.3, -0.25) is 4.79 Å². The van der Waals surface area contributed by atoms with E-state index in [1.165, 1.54) is 11.3 Å². The highest BCUT2D eigenvalue weighted by Crippen LogP contribution is 2.19. The summed E-state index contributed by atoms with van der Waals surface area (Å²) in [4.78, 5) is 25.0. The molecule has 104 valence electrons. The third-order valence-electron chi connectivity index (χ3n) is 2.57. The number of carbonyl (C=O) groups is 2. The molecule has 0 unspecified atom stereocenters. The largest absolute Gasteiger partial charge is 0.341 e. The van der Waals surface area contributed by atoms with Crippen LogP contribution in [-0.4, -0.2) is 19.0 Å². The zero-order valence-corrected chi connectivity index (χ0v) is 12.0. The molecular formula is C14H15N3O2S. The molecule has 0 saturated heterocycles. The van der Waals surface area contributed by atoms with Crippen LogP contribution in [0, 0.1) is 6.92 Å². The van der Waals surface area contributed by atoms with E-state index in [9.17, 15) is 9.59 Å². The van der Waals surface area contributed by atoms with Crippen LogP contribution in [0.1, 0.15) is 14.5 Å². The Labute approximate surface area is 121 Å². The van der Waals surface area contributed by atoms with Crippen LogP contribution >= 0.6 is 11.3 Å². The minimum absolute atomic E-state index is 0.153. The van der Waals surface area contributed by atoms with Gasteiger partial charge in [0.1, 0.15) is 0 Å². The van der Waals surface area contributed by atoms with Crippen molar-refractivity contribution in [2.24, 2.45) is 0 Å². The van der Waals surface area contributed by atoms with Gasteiger partial charge >= 0.3 is 6.03 Å². The number of aryl methyl sites for hydroxylation is 1. The van der Waals surface area contributed by atoms with Crippen molar-refractivity contribution in [3.05, 3.63) is 46.2 Å². The second kappa shape index (κ2) is 6.21. The van der Waals surface area contributed by atoms with Crippen LogP contribution in [-0.2, 0) is 0 Å². The molecule has 1 aromatic carbocycles. The smallest absolute Gasteiger partial charge is 0.318 e. The molecule has 3 N–H and O–H groups in total. The third kappa shape index (κ3) is 3.58. The predicted octanol–water partition coefficient (Wildman–Crippen LogP) is 3.06. The minimum Gasteiger partial charge on any atom is -0.341 e. The van der Waals surface area contributed by atoms with Gasteiger partial charge in [0.15, 0.2) is 0 Å². The zero-order valence-electron chi connectivity index (χ0n) is 11.2. The molecule has 5 nitrogen and oxygen atoms in total. The summed E-state index contributed by atoms with van der Waals surface area (Å²) in [6, 6.07) is 10.4. The summed E-state index contributed by atoms with van der Waals surface area (Å²) >= 11 is 1.44. The zero-order chi connectivity index (χ0) is 14.5. The summed E-state index contributed by atoms with van der Waals surface area (Å²) in [5, 5.41) is 7.92. The van der Waals surface area contributed by atoms with Crippen LogP contribution in [0.3, 0.4) is 0 Å². The number of urea groups is 1. The van der Waals surface area contributed by atoms with Gasteiger partial charge in [0.25, 0.3) is 5.91 Å². The quantitative estimate of drug-likeness (QED) is 0.812. The van der Waals surface area contributed by atoms with Crippen molar-refractivity contribution < 1.29 is 9.59 Å². The molecule has 0 spiro atoms. The summed E-state index contributed by atoms with van der Waals surface area (Å²) in [6.45, 7) is 1.95. The molecule has 0 radical (unpaired) electrons. The number of nitrogens with one attached hydrogen (secondary N) is 3. The molecule has 0 fully saturated rings. The fraction of sp³-hybridized carbons (Fsp3) is 0.143. The highest BCUT2D eigenvalue weighted by molar-refractivity contribution is 7.14. The van der Waals surface area contributed by atoms with Gasteiger partial charge in [0.05, 0.1) is 4.88 Å². The second-order valence-corrected chi connectivity index (χ2v) is 5.44. The molecule has 6 heteroatoms. The first-order valence-electron chi connectivity index (χ1n) is 6.05. The van der Waals surface area contributed by atoms with E-state index in [1.54, 1.807) is 37.4 Å². The van der Waals surface area contributed by atoms with Gasteiger partial charge in [-0.15, -0.1) is 11.3 Å². The molecule has 20 heavy (non-hydrogen) atoms. The van der Waals surface area contributed by atoms with E-state index in [4.69, 9.17) is 0 Å². The van der Waals surface area contributed by atoms with E-state index in [-0.39, 0.29) is 11.9 Å². The van der Waals surface area contributed by atoms with Crippen LogP contribution in [0.5, 0.6) is 0 Å². The molecule has 0 atom stereocenters. The molecule has 2 aromatic rings. The van der Waals surface area contributed by atoms with E-state index in [2.05, 4.69) is 16.0 Å². The number of hydrogen-bond acceptors (Lipinski definition) is 3. The summed E-state index contributed by atoms with van der Waals surface area (Å²) in [5.41, 5.74) is 1.25. The Kier molecular flexibility index (Phi) is 4.37.